The molecule has 1 aromatic heterocycles. The largest absolute Gasteiger partial charge is 0.481 e. The van der Waals surface area contributed by atoms with Gasteiger partial charge in [0, 0.05) is 5.56 Å². The molecule has 1 heterocycles. The topological polar surface area (TPSA) is 93.3 Å². The highest BCUT2D eigenvalue weighted by atomic mass is 32.1. The van der Waals surface area contributed by atoms with Crippen LogP contribution in [-0.2, 0) is 4.79 Å². The first-order chi connectivity index (χ1) is 9.41. The predicted molar refractivity (Wildman–Crippen MR) is 76.1 cm³/mol. The molecular formula is C13H14N2O4S. The molecule has 2 aromatic rings. The van der Waals surface area contributed by atoms with Crippen molar-refractivity contribution in [1.29, 1.82) is 0 Å². The summed E-state index contributed by atoms with van der Waals surface area (Å²) in [6.45, 7) is 3.78. The predicted octanol–water partition coefficient (Wildman–Crippen LogP) is 3.42. The lowest BCUT2D eigenvalue weighted by molar-refractivity contribution is -0.384. The second kappa shape index (κ2) is 5.54. The van der Waals surface area contributed by atoms with Gasteiger partial charge in [-0.05, 0) is 24.5 Å². The Bertz CT molecular complexity index is 665. The molecule has 1 atom stereocenters. The molecule has 0 saturated carbocycles. The van der Waals surface area contributed by atoms with E-state index < -0.39 is 16.8 Å². The third-order valence-corrected chi connectivity index (χ3v) is 3.86. The molecule has 0 saturated heterocycles. The zero-order chi connectivity index (χ0) is 14.9. The van der Waals surface area contributed by atoms with E-state index >= 15 is 0 Å². The number of aliphatic carboxylic acids is 1. The van der Waals surface area contributed by atoms with Gasteiger partial charge in [0.2, 0.25) is 0 Å². The Kier molecular flexibility index (Phi) is 3.99. The van der Waals surface area contributed by atoms with Crippen molar-refractivity contribution < 1.29 is 14.8 Å². The number of carboxylic acids is 1. The second-order valence-electron chi connectivity index (χ2n) is 4.98. The average Bonchev–Trinajstić information content (AvgIpc) is 2.81. The summed E-state index contributed by atoms with van der Waals surface area (Å²) in [5.74, 6) is -1.81. The number of hydrogen-bond donors (Lipinski definition) is 1. The Morgan fingerprint density at radius 3 is 2.75 bits per heavy atom. The Morgan fingerprint density at radius 2 is 2.20 bits per heavy atom. The summed E-state index contributed by atoms with van der Waals surface area (Å²) in [4.78, 5) is 26.2. The molecule has 0 aliphatic carbocycles. The van der Waals surface area contributed by atoms with Gasteiger partial charge in [0.25, 0.3) is 5.69 Å². The number of aromatic nitrogens is 1. The fraction of sp³-hybridized carbons (Fsp3) is 0.385. The van der Waals surface area contributed by atoms with Gasteiger partial charge in [0.15, 0.2) is 5.52 Å². The number of carbonyl (C=O) groups is 1. The molecule has 6 nitrogen and oxygen atoms in total. The van der Waals surface area contributed by atoms with Crippen LogP contribution in [0.25, 0.3) is 10.2 Å². The maximum absolute atomic E-state index is 11.4. The van der Waals surface area contributed by atoms with E-state index in [9.17, 15) is 20.0 Å². The summed E-state index contributed by atoms with van der Waals surface area (Å²) in [6.07, 6.45) is 0.353. The molecule has 0 aliphatic rings. The number of nitrogens with zero attached hydrogens (tertiary/aromatic N) is 2. The first kappa shape index (κ1) is 14.4. The smallest absolute Gasteiger partial charge is 0.311 e. The van der Waals surface area contributed by atoms with Crippen molar-refractivity contribution >= 4 is 33.2 Å². The first-order valence-electron chi connectivity index (χ1n) is 6.15. The highest BCUT2D eigenvalue weighted by Crippen LogP contribution is 2.37. The van der Waals surface area contributed by atoms with Crippen LogP contribution in [-0.4, -0.2) is 21.0 Å². The third kappa shape index (κ3) is 2.62. The van der Waals surface area contributed by atoms with Gasteiger partial charge in [-0.25, -0.2) is 4.98 Å². The van der Waals surface area contributed by atoms with Crippen molar-refractivity contribution in [3.63, 3.8) is 0 Å². The lowest BCUT2D eigenvalue weighted by atomic mass is 9.89. The molecule has 0 radical (unpaired) electrons. The number of carboxylic acid groups (broad SMARTS) is 1. The lowest BCUT2D eigenvalue weighted by Gasteiger charge is -2.15. The van der Waals surface area contributed by atoms with Crippen molar-refractivity contribution in [2.75, 3.05) is 0 Å². The van der Waals surface area contributed by atoms with Crippen LogP contribution in [0.15, 0.2) is 17.6 Å². The van der Waals surface area contributed by atoms with Gasteiger partial charge in [-0.1, -0.05) is 13.8 Å². The fourth-order valence-corrected chi connectivity index (χ4v) is 2.92. The van der Waals surface area contributed by atoms with Crippen LogP contribution < -0.4 is 0 Å². The van der Waals surface area contributed by atoms with Crippen LogP contribution in [0.2, 0.25) is 0 Å². The average molecular weight is 294 g/mol. The summed E-state index contributed by atoms with van der Waals surface area (Å²) >= 11 is 1.30. The van der Waals surface area contributed by atoms with Gasteiger partial charge in [0.05, 0.1) is 21.1 Å². The molecular weight excluding hydrogens is 280 g/mol. The highest BCUT2D eigenvalue weighted by Gasteiger charge is 2.31. The molecule has 1 N–H and O–H groups in total. The minimum absolute atomic E-state index is 0.127. The SMILES string of the molecule is CC(C)CC(C(=O)O)c1ccc2scnc2c1[N+](=O)[O-]. The quantitative estimate of drug-likeness (QED) is 0.673. The number of thiazole rings is 1. The number of fused-ring (bicyclic) bond motifs is 1. The van der Waals surface area contributed by atoms with Crippen LogP contribution in [0.1, 0.15) is 31.7 Å². The minimum Gasteiger partial charge on any atom is -0.481 e. The molecule has 20 heavy (non-hydrogen) atoms. The lowest BCUT2D eigenvalue weighted by Crippen LogP contribution is -2.15. The molecule has 106 valence electrons. The number of nitro benzene ring substituents is 1. The molecule has 0 amide bonds. The summed E-state index contributed by atoms with van der Waals surface area (Å²) < 4.78 is 0.689. The van der Waals surface area contributed by atoms with Crippen LogP contribution in [0, 0.1) is 16.0 Å². The van der Waals surface area contributed by atoms with Crippen LogP contribution in [0.5, 0.6) is 0 Å². The fourth-order valence-electron chi connectivity index (χ4n) is 2.24. The van der Waals surface area contributed by atoms with Crippen molar-refractivity contribution in [3.05, 3.63) is 33.3 Å². The van der Waals surface area contributed by atoms with Crippen LogP contribution in [0.3, 0.4) is 0 Å². The second-order valence-corrected chi connectivity index (χ2v) is 5.87. The van der Waals surface area contributed by atoms with Gasteiger partial charge >= 0.3 is 5.97 Å². The minimum atomic E-state index is -1.05. The summed E-state index contributed by atoms with van der Waals surface area (Å²) in [6, 6.07) is 3.24. The number of benzene rings is 1. The molecule has 1 aromatic carbocycles. The molecule has 0 bridgehead atoms. The number of hydrogen-bond acceptors (Lipinski definition) is 5. The molecule has 0 spiro atoms. The van der Waals surface area contributed by atoms with E-state index in [1.54, 1.807) is 12.1 Å². The Morgan fingerprint density at radius 1 is 1.50 bits per heavy atom. The summed E-state index contributed by atoms with van der Waals surface area (Å²) in [5, 5.41) is 20.7. The molecule has 2 rings (SSSR count). The van der Waals surface area contributed by atoms with E-state index in [0.717, 1.165) is 0 Å². The maximum Gasteiger partial charge on any atom is 0.311 e. The van der Waals surface area contributed by atoms with E-state index in [1.807, 2.05) is 13.8 Å². The molecule has 0 aliphatic heterocycles. The maximum atomic E-state index is 11.4. The molecule has 1 unspecified atom stereocenters. The van der Waals surface area contributed by atoms with Gasteiger partial charge in [-0.3, -0.25) is 14.9 Å². The van der Waals surface area contributed by atoms with Gasteiger partial charge < -0.3 is 5.11 Å². The van der Waals surface area contributed by atoms with Crippen molar-refractivity contribution in [3.8, 4) is 0 Å². The molecule has 0 fully saturated rings. The first-order valence-corrected chi connectivity index (χ1v) is 7.03. The monoisotopic (exact) mass is 294 g/mol. The van der Waals surface area contributed by atoms with Crippen molar-refractivity contribution in [1.82, 2.24) is 4.98 Å². The summed E-state index contributed by atoms with van der Waals surface area (Å²) in [7, 11) is 0. The van der Waals surface area contributed by atoms with E-state index in [0.29, 0.717) is 11.1 Å². The van der Waals surface area contributed by atoms with Crippen molar-refractivity contribution in [2.24, 2.45) is 5.92 Å². The van der Waals surface area contributed by atoms with E-state index in [4.69, 9.17) is 0 Å². The standard InChI is InChI=1S/C13H14N2O4S/c1-7(2)5-9(13(16)17)8-3-4-10-11(14-6-20-10)12(8)15(18)19/h3-4,6-7,9H,5H2,1-2H3,(H,16,17). The van der Waals surface area contributed by atoms with E-state index in [-0.39, 0.29) is 22.7 Å². The third-order valence-electron chi connectivity index (χ3n) is 3.07. The van der Waals surface area contributed by atoms with Gasteiger partial charge in [0.1, 0.15) is 0 Å². The Hall–Kier alpha value is -2.02. The Balaban J connectivity index is 2.64. The zero-order valence-electron chi connectivity index (χ0n) is 11.1. The number of rotatable bonds is 5. The highest BCUT2D eigenvalue weighted by molar-refractivity contribution is 7.16. The van der Waals surface area contributed by atoms with Crippen LogP contribution >= 0.6 is 11.3 Å². The van der Waals surface area contributed by atoms with E-state index in [1.165, 1.54) is 16.8 Å². The van der Waals surface area contributed by atoms with Crippen molar-refractivity contribution in [2.45, 2.75) is 26.2 Å². The Labute approximate surface area is 119 Å². The zero-order valence-corrected chi connectivity index (χ0v) is 11.9. The van der Waals surface area contributed by atoms with Gasteiger partial charge in [-0.15, -0.1) is 11.3 Å². The van der Waals surface area contributed by atoms with Gasteiger partial charge in [-0.2, -0.15) is 0 Å². The summed E-state index contributed by atoms with van der Waals surface area (Å²) in [5.41, 5.74) is 1.85. The number of nitro groups is 1. The van der Waals surface area contributed by atoms with E-state index in [2.05, 4.69) is 4.98 Å². The normalized spacial score (nSPS) is 12.8. The molecule has 7 heteroatoms. The van der Waals surface area contributed by atoms with Crippen LogP contribution in [0.4, 0.5) is 5.69 Å².